The SMILES string of the molecule is CCC(N)c1ccc(C)cc1.Cl. The molecule has 12 heavy (non-hydrogen) atoms. The maximum absolute atomic E-state index is 5.84. The lowest BCUT2D eigenvalue weighted by molar-refractivity contribution is 0.698. The molecule has 1 nitrogen and oxygen atoms in total. The van der Waals surface area contributed by atoms with E-state index in [1.54, 1.807) is 0 Å². The van der Waals surface area contributed by atoms with Crippen molar-refractivity contribution in [1.82, 2.24) is 0 Å². The molecule has 1 atom stereocenters. The fourth-order valence-electron chi connectivity index (χ4n) is 1.05. The van der Waals surface area contributed by atoms with Gasteiger partial charge in [-0.2, -0.15) is 0 Å². The highest BCUT2D eigenvalue weighted by Crippen LogP contribution is 2.13. The number of rotatable bonds is 2. The first kappa shape index (κ1) is 11.5. The molecule has 1 aromatic rings. The molecule has 0 fully saturated rings. The van der Waals surface area contributed by atoms with Crippen LogP contribution in [0.1, 0.15) is 30.5 Å². The molecule has 1 unspecified atom stereocenters. The summed E-state index contributed by atoms with van der Waals surface area (Å²) in [5.41, 5.74) is 8.37. The molecule has 0 bridgehead atoms. The molecule has 68 valence electrons. The fraction of sp³-hybridized carbons (Fsp3) is 0.400. The van der Waals surface area contributed by atoms with Crippen LogP contribution >= 0.6 is 12.4 Å². The minimum atomic E-state index is 0. The first-order chi connectivity index (χ1) is 5.24. The van der Waals surface area contributed by atoms with Crippen molar-refractivity contribution in [2.45, 2.75) is 26.3 Å². The zero-order valence-electron chi connectivity index (χ0n) is 7.58. The predicted octanol–water partition coefficient (Wildman–Crippen LogP) is 2.83. The van der Waals surface area contributed by atoms with Crippen LogP contribution in [0.2, 0.25) is 0 Å². The third-order valence-corrected chi connectivity index (χ3v) is 1.95. The monoisotopic (exact) mass is 185 g/mol. The van der Waals surface area contributed by atoms with Gasteiger partial charge in [0.15, 0.2) is 0 Å². The second-order valence-electron chi connectivity index (χ2n) is 2.93. The van der Waals surface area contributed by atoms with Crippen LogP contribution < -0.4 is 5.73 Å². The van der Waals surface area contributed by atoms with Gasteiger partial charge in [0.2, 0.25) is 0 Å². The van der Waals surface area contributed by atoms with E-state index in [1.807, 2.05) is 0 Å². The molecule has 1 rings (SSSR count). The van der Waals surface area contributed by atoms with Gasteiger partial charge in [-0.3, -0.25) is 0 Å². The Morgan fingerprint density at radius 1 is 1.25 bits per heavy atom. The minimum Gasteiger partial charge on any atom is -0.324 e. The molecule has 0 spiro atoms. The first-order valence-corrected chi connectivity index (χ1v) is 4.06. The molecular formula is C10H16ClN. The number of benzene rings is 1. The van der Waals surface area contributed by atoms with E-state index in [0.29, 0.717) is 0 Å². The zero-order chi connectivity index (χ0) is 8.27. The molecule has 0 amide bonds. The van der Waals surface area contributed by atoms with Crippen molar-refractivity contribution < 1.29 is 0 Å². The Hall–Kier alpha value is -0.530. The Balaban J connectivity index is 0.00000121. The minimum absolute atomic E-state index is 0. The second kappa shape index (κ2) is 5.18. The quantitative estimate of drug-likeness (QED) is 0.754. The van der Waals surface area contributed by atoms with Gasteiger partial charge < -0.3 is 5.73 Å². The summed E-state index contributed by atoms with van der Waals surface area (Å²) in [5, 5.41) is 0. The van der Waals surface area contributed by atoms with E-state index in [9.17, 15) is 0 Å². The molecule has 1 aromatic carbocycles. The van der Waals surface area contributed by atoms with E-state index in [4.69, 9.17) is 5.73 Å². The zero-order valence-corrected chi connectivity index (χ0v) is 8.40. The molecule has 0 aromatic heterocycles. The van der Waals surface area contributed by atoms with Crippen LogP contribution in [0.3, 0.4) is 0 Å². The maximum Gasteiger partial charge on any atom is 0.0292 e. The molecule has 0 aliphatic heterocycles. The molecule has 2 heteroatoms. The van der Waals surface area contributed by atoms with Crippen molar-refractivity contribution >= 4 is 12.4 Å². The van der Waals surface area contributed by atoms with Gasteiger partial charge in [0.1, 0.15) is 0 Å². The summed E-state index contributed by atoms with van der Waals surface area (Å²) >= 11 is 0. The van der Waals surface area contributed by atoms with Gasteiger partial charge in [-0.25, -0.2) is 0 Å². The summed E-state index contributed by atoms with van der Waals surface area (Å²) in [7, 11) is 0. The lowest BCUT2D eigenvalue weighted by atomic mass is 10.0. The Bertz CT molecular complexity index is 218. The van der Waals surface area contributed by atoms with Crippen LogP contribution in [0.5, 0.6) is 0 Å². The highest BCUT2D eigenvalue weighted by molar-refractivity contribution is 5.85. The van der Waals surface area contributed by atoms with Gasteiger partial charge in [-0.15, -0.1) is 12.4 Å². The van der Waals surface area contributed by atoms with Crippen molar-refractivity contribution in [2.24, 2.45) is 5.73 Å². The molecule has 0 saturated heterocycles. The Morgan fingerprint density at radius 2 is 1.75 bits per heavy atom. The molecule has 0 aliphatic carbocycles. The number of halogens is 1. The predicted molar refractivity (Wildman–Crippen MR) is 55.6 cm³/mol. The van der Waals surface area contributed by atoms with Crippen LogP contribution in [-0.2, 0) is 0 Å². The van der Waals surface area contributed by atoms with E-state index in [-0.39, 0.29) is 18.4 Å². The number of nitrogens with two attached hydrogens (primary N) is 1. The van der Waals surface area contributed by atoms with Crippen molar-refractivity contribution in [3.63, 3.8) is 0 Å². The normalized spacial score (nSPS) is 11.9. The van der Waals surface area contributed by atoms with Gasteiger partial charge in [0, 0.05) is 6.04 Å². The van der Waals surface area contributed by atoms with Gasteiger partial charge >= 0.3 is 0 Å². The smallest absolute Gasteiger partial charge is 0.0292 e. The third-order valence-electron chi connectivity index (χ3n) is 1.95. The van der Waals surface area contributed by atoms with Gasteiger partial charge in [0.25, 0.3) is 0 Å². The second-order valence-corrected chi connectivity index (χ2v) is 2.93. The van der Waals surface area contributed by atoms with Crippen LogP contribution in [0.15, 0.2) is 24.3 Å². The molecule has 2 N–H and O–H groups in total. The Labute approximate surface area is 80.4 Å². The largest absolute Gasteiger partial charge is 0.324 e. The summed E-state index contributed by atoms with van der Waals surface area (Å²) in [4.78, 5) is 0. The van der Waals surface area contributed by atoms with Crippen LogP contribution in [0.25, 0.3) is 0 Å². The Kier molecular flexibility index (Phi) is 4.95. The van der Waals surface area contributed by atoms with E-state index < -0.39 is 0 Å². The van der Waals surface area contributed by atoms with Crippen molar-refractivity contribution in [2.75, 3.05) is 0 Å². The van der Waals surface area contributed by atoms with Gasteiger partial charge in [0.05, 0.1) is 0 Å². The molecule has 0 aliphatic rings. The highest BCUT2D eigenvalue weighted by atomic mass is 35.5. The van der Waals surface area contributed by atoms with E-state index in [2.05, 4.69) is 38.1 Å². The van der Waals surface area contributed by atoms with Crippen molar-refractivity contribution in [3.8, 4) is 0 Å². The third kappa shape index (κ3) is 2.84. The summed E-state index contributed by atoms with van der Waals surface area (Å²) in [5.74, 6) is 0. The maximum atomic E-state index is 5.84. The fourth-order valence-corrected chi connectivity index (χ4v) is 1.05. The summed E-state index contributed by atoms with van der Waals surface area (Å²) in [6, 6.07) is 8.61. The molecule has 0 saturated carbocycles. The van der Waals surface area contributed by atoms with Crippen molar-refractivity contribution in [1.29, 1.82) is 0 Å². The van der Waals surface area contributed by atoms with Gasteiger partial charge in [-0.05, 0) is 18.9 Å². The van der Waals surface area contributed by atoms with Crippen molar-refractivity contribution in [3.05, 3.63) is 35.4 Å². The topological polar surface area (TPSA) is 26.0 Å². The summed E-state index contributed by atoms with van der Waals surface area (Å²) in [6.45, 7) is 4.19. The molecule has 0 radical (unpaired) electrons. The number of aryl methyl sites for hydroxylation is 1. The lowest BCUT2D eigenvalue weighted by Crippen LogP contribution is -2.07. The van der Waals surface area contributed by atoms with Crippen LogP contribution in [-0.4, -0.2) is 0 Å². The summed E-state index contributed by atoms with van der Waals surface area (Å²) < 4.78 is 0. The molecular weight excluding hydrogens is 170 g/mol. The lowest BCUT2D eigenvalue weighted by Gasteiger charge is -2.08. The first-order valence-electron chi connectivity index (χ1n) is 4.06. The highest BCUT2D eigenvalue weighted by Gasteiger charge is 2.00. The van der Waals surface area contributed by atoms with Gasteiger partial charge in [-0.1, -0.05) is 36.8 Å². The number of hydrogen-bond acceptors (Lipinski definition) is 1. The van der Waals surface area contributed by atoms with E-state index >= 15 is 0 Å². The van der Waals surface area contributed by atoms with E-state index in [1.165, 1.54) is 11.1 Å². The van der Waals surface area contributed by atoms with Crippen LogP contribution in [0, 0.1) is 6.92 Å². The van der Waals surface area contributed by atoms with E-state index in [0.717, 1.165) is 6.42 Å². The van der Waals surface area contributed by atoms with Crippen LogP contribution in [0.4, 0.5) is 0 Å². The average molecular weight is 186 g/mol. The average Bonchev–Trinajstić information content (AvgIpc) is 2.05. The Morgan fingerprint density at radius 3 is 2.17 bits per heavy atom. The number of hydrogen-bond donors (Lipinski definition) is 1. The summed E-state index contributed by atoms with van der Waals surface area (Å²) in [6.07, 6.45) is 1.00. The molecule has 0 heterocycles. The standard InChI is InChI=1S/C10H15N.ClH/c1-3-10(11)9-6-4-8(2)5-7-9;/h4-7,10H,3,11H2,1-2H3;1H.